The van der Waals surface area contributed by atoms with E-state index in [9.17, 15) is 19.5 Å². The van der Waals surface area contributed by atoms with Crippen LogP contribution in [0, 0.1) is 11.3 Å². The fraction of sp³-hybridized carbons (Fsp3) is 0.520. The number of nitrogens with zero attached hydrogens (tertiary/aromatic N) is 1. The number of hydrogen-bond acceptors (Lipinski definition) is 12. The van der Waals surface area contributed by atoms with Crippen molar-refractivity contribution in [2.75, 3.05) is 6.61 Å². The summed E-state index contributed by atoms with van der Waals surface area (Å²) in [5.41, 5.74) is 3.14. The van der Waals surface area contributed by atoms with E-state index in [0.29, 0.717) is 42.1 Å². The van der Waals surface area contributed by atoms with Crippen LogP contribution < -0.4 is 10.6 Å². The SMILES string of the molecule is CC(C)(C)OC(=O)CC[C@@H](CO)NC(=O)c1cccc(CNC(=O)[C@@]23C[C@H]4OC(=O)[C@@H]2N(Cc2cccc(C=CC5CCC6OC6C5)c2)O[C@@H]3[C@H]2OC3(Cc5ccccc5C3)O[C@H]24)c1. The molecule has 1 spiro atoms. The lowest BCUT2D eigenvalue weighted by atomic mass is 9.62. The Bertz CT molecular complexity index is 2320. The highest BCUT2D eigenvalue weighted by atomic mass is 16.8. The molecule has 14 heteroatoms. The van der Waals surface area contributed by atoms with Gasteiger partial charge in [-0.05, 0) is 92.3 Å². The number of aliphatic hydroxyl groups excluding tert-OH is 1. The molecular weight excluding hydrogens is 819 g/mol. The minimum absolute atomic E-state index is 0.0305. The first-order valence-electron chi connectivity index (χ1n) is 22.8. The van der Waals surface area contributed by atoms with Crippen molar-refractivity contribution in [2.24, 2.45) is 11.3 Å². The third-order valence-electron chi connectivity index (χ3n) is 13.9. The molecule has 14 nitrogen and oxygen atoms in total. The van der Waals surface area contributed by atoms with Crippen LogP contribution in [0.4, 0.5) is 0 Å². The Morgan fingerprint density at radius 2 is 1.70 bits per heavy atom. The Kier molecular flexibility index (Phi) is 11.3. The Hall–Kier alpha value is -4.96. The summed E-state index contributed by atoms with van der Waals surface area (Å²) in [6.07, 6.45) is 7.01. The lowest BCUT2D eigenvalue weighted by Crippen LogP contribution is -2.69. The van der Waals surface area contributed by atoms with Crippen LogP contribution in [-0.2, 0) is 68.8 Å². The molecular formula is C50H57N3O11. The maximum absolute atomic E-state index is 15.0. The van der Waals surface area contributed by atoms with E-state index >= 15 is 4.79 Å². The highest BCUT2D eigenvalue weighted by Gasteiger charge is 2.76. The molecule has 2 amide bonds. The van der Waals surface area contributed by atoms with E-state index in [2.05, 4.69) is 47.1 Å². The van der Waals surface area contributed by atoms with Gasteiger partial charge in [-0.2, -0.15) is 5.06 Å². The summed E-state index contributed by atoms with van der Waals surface area (Å²) in [6, 6.07) is 21.3. The lowest BCUT2D eigenvalue weighted by molar-refractivity contribution is -0.217. The van der Waals surface area contributed by atoms with E-state index in [0.717, 1.165) is 41.5 Å². The summed E-state index contributed by atoms with van der Waals surface area (Å²) >= 11 is 0. The summed E-state index contributed by atoms with van der Waals surface area (Å²) in [5.74, 6) is -2.30. The number of rotatable bonds is 13. The minimum atomic E-state index is -1.39. The van der Waals surface area contributed by atoms with Crippen molar-refractivity contribution >= 4 is 29.8 Å². The topological polar surface area (TPSA) is 174 Å². The van der Waals surface area contributed by atoms with Gasteiger partial charge in [0.1, 0.15) is 35.4 Å². The molecule has 2 bridgehead atoms. The molecule has 4 saturated heterocycles. The van der Waals surface area contributed by atoms with Crippen molar-refractivity contribution in [3.63, 3.8) is 0 Å². The van der Waals surface area contributed by atoms with E-state index < -0.39 is 71.1 Å². The molecule has 3 aliphatic carbocycles. The van der Waals surface area contributed by atoms with Gasteiger partial charge in [0.15, 0.2) is 11.8 Å². The molecule has 4 heterocycles. The van der Waals surface area contributed by atoms with E-state index in [1.165, 1.54) is 0 Å². The van der Waals surface area contributed by atoms with Crippen LogP contribution in [0.5, 0.6) is 0 Å². The number of hydroxylamine groups is 2. The van der Waals surface area contributed by atoms with E-state index in [4.69, 9.17) is 28.5 Å². The molecule has 0 aromatic heterocycles. The van der Waals surface area contributed by atoms with Crippen molar-refractivity contribution in [3.8, 4) is 0 Å². The van der Waals surface area contributed by atoms with E-state index in [-0.39, 0.29) is 44.9 Å². The summed E-state index contributed by atoms with van der Waals surface area (Å²) in [6.45, 7) is 5.25. The predicted octanol–water partition coefficient (Wildman–Crippen LogP) is 4.88. The highest BCUT2D eigenvalue weighted by Crippen LogP contribution is 2.58. The second-order valence-electron chi connectivity index (χ2n) is 19.7. The summed E-state index contributed by atoms with van der Waals surface area (Å²) in [4.78, 5) is 61.9. The van der Waals surface area contributed by atoms with Crippen molar-refractivity contribution in [1.29, 1.82) is 0 Å². The van der Waals surface area contributed by atoms with Gasteiger partial charge in [-0.15, -0.1) is 0 Å². The van der Waals surface area contributed by atoms with Crippen LogP contribution in [0.1, 0.15) is 97.5 Å². The molecule has 6 fully saturated rings. The minimum Gasteiger partial charge on any atom is -0.460 e. The predicted molar refractivity (Wildman–Crippen MR) is 231 cm³/mol. The van der Waals surface area contributed by atoms with Gasteiger partial charge in [0.05, 0.1) is 31.4 Å². The zero-order valence-corrected chi connectivity index (χ0v) is 36.5. The number of epoxide rings is 1. The second kappa shape index (κ2) is 16.8. The molecule has 3 N–H and O–H groups in total. The monoisotopic (exact) mass is 875 g/mol. The number of benzene rings is 3. The number of ether oxygens (including phenoxy) is 5. The van der Waals surface area contributed by atoms with Gasteiger partial charge >= 0.3 is 11.9 Å². The number of fused-ring (bicyclic) bond motifs is 6. The van der Waals surface area contributed by atoms with E-state index in [1.54, 1.807) is 50.1 Å². The first kappa shape index (κ1) is 43.0. The lowest BCUT2D eigenvalue weighted by Gasteiger charge is -2.48. The third-order valence-corrected chi connectivity index (χ3v) is 13.9. The van der Waals surface area contributed by atoms with Gasteiger partial charge < -0.3 is 39.4 Å². The summed E-state index contributed by atoms with van der Waals surface area (Å²) in [5, 5.41) is 17.5. The smallest absolute Gasteiger partial charge is 0.327 e. The second-order valence-corrected chi connectivity index (χ2v) is 19.7. The normalized spacial score (nSPS) is 31.2. The zero-order valence-electron chi connectivity index (χ0n) is 36.5. The molecule has 7 aliphatic rings. The van der Waals surface area contributed by atoms with Gasteiger partial charge in [0, 0.05) is 37.8 Å². The highest BCUT2D eigenvalue weighted by molar-refractivity contribution is 5.95. The molecule has 3 aromatic rings. The maximum Gasteiger partial charge on any atom is 0.327 e. The number of aliphatic hydroxyl groups is 1. The van der Waals surface area contributed by atoms with Crippen LogP contribution in [0.15, 0.2) is 78.9 Å². The van der Waals surface area contributed by atoms with Gasteiger partial charge in [0.25, 0.3) is 5.91 Å². The van der Waals surface area contributed by atoms with Crippen LogP contribution >= 0.6 is 0 Å². The number of carbonyl (C=O) groups is 4. The largest absolute Gasteiger partial charge is 0.460 e. The number of nitrogens with one attached hydrogen (secondary N) is 2. The molecule has 10 atom stereocenters. The molecule has 338 valence electrons. The number of esters is 2. The Balaban J connectivity index is 0.876. The Labute approximate surface area is 372 Å². The number of carbonyl (C=O) groups excluding carboxylic acids is 4. The first-order chi connectivity index (χ1) is 30.8. The molecule has 2 saturated carbocycles. The van der Waals surface area contributed by atoms with Gasteiger partial charge in [-0.25, -0.2) is 0 Å². The molecule has 64 heavy (non-hydrogen) atoms. The standard InChI is InChI=1S/C50H57N3O11/c1-48(2,3)61-40(55)19-17-36(28-54)52-45(56)33-13-7-9-31(21-33)26-51-47(58)50-25-39-41-42(63-49(62-41)23-34-11-4-5-12-35(34)24-49)44(50)64-53(43(50)46(57)60-39)27-32-10-6-8-29(20-32)14-15-30-16-18-37-38(22-30)59-37/h4-15,20-21,30,36-39,41-44,54H,16-19,22-28H2,1-3H3,(H,51,58)(H,52,56)/t30?,36-,37?,38?,39+,41-,42-,43-,44+,50-/m0/s1. The van der Waals surface area contributed by atoms with Crippen molar-refractivity contribution < 1.29 is 52.8 Å². The molecule has 10 rings (SSSR count). The average molecular weight is 876 g/mol. The molecule has 0 radical (unpaired) electrons. The zero-order chi connectivity index (χ0) is 44.4. The Morgan fingerprint density at radius 1 is 0.938 bits per heavy atom. The van der Waals surface area contributed by atoms with Crippen molar-refractivity contribution in [2.45, 2.75) is 145 Å². The summed E-state index contributed by atoms with van der Waals surface area (Å²) in [7, 11) is 0. The van der Waals surface area contributed by atoms with Gasteiger partial charge in [0.2, 0.25) is 5.91 Å². The quantitative estimate of drug-likeness (QED) is 0.157. The Morgan fingerprint density at radius 3 is 2.47 bits per heavy atom. The van der Waals surface area contributed by atoms with Crippen LogP contribution in [0.25, 0.3) is 6.08 Å². The van der Waals surface area contributed by atoms with Gasteiger partial charge in [-0.1, -0.05) is 72.8 Å². The number of allylic oxidation sites excluding steroid dienone is 1. The fourth-order valence-corrected chi connectivity index (χ4v) is 10.9. The molecule has 3 unspecified atom stereocenters. The maximum atomic E-state index is 15.0. The van der Waals surface area contributed by atoms with Crippen molar-refractivity contribution in [3.05, 3.63) is 112 Å². The molecule has 3 aromatic carbocycles. The third kappa shape index (κ3) is 8.40. The van der Waals surface area contributed by atoms with Gasteiger partial charge in [-0.3, -0.25) is 24.0 Å². The van der Waals surface area contributed by atoms with E-state index in [1.807, 2.05) is 24.3 Å². The summed E-state index contributed by atoms with van der Waals surface area (Å²) < 4.78 is 31.0. The molecule has 4 aliphatic heterocycles. The van der Waals surface area contributed by atoms with Crippen LogP contribution in [0.2, 0.25) is 0 Å². The first-order valence-corrected chi connectivity index (χ1v) is 22.8. The van der Waals surface area contributed by atoms with Crippen molar-refractivity contribution in [1.82, 2.24) is 15.7 Å². The average Bonchev–Trinajstić information content (AvgIpc) is 3.62. The fourth-order valence-electron chi connectivity index (χ4n) is 10.9. The number of amides is 2. The van der Waals surface area contributed by atoms with Crippen LogP contribution in [-0.4, -0.2) is 101 Å². The van der Waals surface area contributed by atoms with Crippen LogP contribution in [0.3, 0.4) is 0 Å². The number of hydrogen-bond donors (Lipinski definition) is 3.